The Morgan fingerprint density at radius 1 is 1.12 bits per heavy atom. The molecule has 5 rings (SSSR count). The van der Waals surface area contributed by atoms with Crippen molar-refractivity contribution < 1.29 is 14.0 Å². The van der Waals surface area contributed by atoms with Crippen LogP contribution < -0.4 is 10.6 Å². The van der Waals surface area contributed by atoms with Gasteiger partial charge in [0.2, 0.25) is 11.8 Å². The second-order valence-corrected chi connectivity index (χ2v) is 8.22. The Bertz CT molecular complexity index is 1190. The summed E-state index contributed by atoms with van der Waals surface area (Å²) in [5, 5.41) is 5.92. The molecule has 8 nitrogen and oxygen atoms in total. The van der Waals surface area contributed by atoms with E-state index < -0.39 is 6.04 Å². The number of halogens is 1. The molecule has 1 aromatic carbocycles. The Labute approximate surface area is 190 Å². The Balaban J connectivity index is 1.50. The zero-order valence-corrected chi connectivity index (χ0v) is 17.9. The standard InChI is InChI=1S/C24H23FN6O2/c25-16-3-1-4-17(13-16)27-21-14-19(15-8-10-26-11-9-15)29-23(30-21)20-5-2-12-31(20)24(33)18-6-7-22(32)28-18/h1,3-4,8-11,13-14,18,20H,2,5-7,12H2,(H,28,32)(H,27,29,30)/t18-,20+/m0/s1. The summed E-state index contributed by atoms with van der Waals surface area (Å²) in [6.45, 7) is 0.589. The number of benzene rings is 1. The maximum absolute atomic E-state index is 13.7. The molecular weight excluding hydrogens is 423 g/mol. The fourth-order valence-electron chi connectivity index (χ4n) is 4.36. The molecular formula is C24H23FN6O2. The topological polar surface area (TPSA) is 100 Å². The normalized spacial score (nSPS) is 20.0. The predicted octanol–water partition coefficient (Wildman–Crippen LogP) is 3.36. The van der Waals surface area contributed by atoms with Gasteiger partial charge in [0.25, 0.3) is 0 Å². The SMILES string of the molecule is O=C1CC[C@@H](C(=O)N2CCC[C@@H]2c2nc(Nc3cccc(F)c3)cc(-c3ccncc3)n2)N1. The second-order valence-electron chi connectivity index (χ2n) is 8.22. The summed E-state index contributed by atoms with van der Waals surface area (Å²) in [4.78, 5) is 40.1. The average molecular weight is 446 g/mol. The minimum Gasteiger partial charge on any atom is -0.344 e. The number of pyridine rings is 1. The quantitative estimate of drug-likeness (QED) is 0.623. The van der Waals surface area contributed by atoms with Gasteiger partial charge in [-0.25, -0.2) is 14.4 Å². The number of aromatic nitrogens is 3. The number of hydrogen-bond acceptors (Lipinski definition) is 6. The summed E-state index contributed by atoms with van der Waals surface area (Å²) in [6, 6.07) is 10.8. The third-order valence-electron chi connectivity index (χ3n) is 5.94. The molecule has 0 saturated carbocycles. The van der Waals surface area contributed by atoms with E-state index >= 15 is 0 Å². The summed E-state index contributed by atoms with van der Waals surface area (Å²) >= 11 is 0. The van der Waals surface area contributed by atoms with Crippen molar-refractivity contribution in [2.75, 3.05) is 11.9 Å². The van der Waals surface area contributed by atoms with Gasteiger partial charge in [-0.05, 0) is 49.6 Å². The number of anilines is 2. The molecule has 3 aromatic rings. The third kappa shape index (κ3) is 4.52. The van der Waals surface area contributed by atoms with Gasteiger partial charge in [-0.1, -0.05) is 6.07 Å². The van der Waals surface area contributed by atoms with Crippen molar-refractivity contribution >= 4 is 23.3 Å². The van der Waals surface area contributed by atoms with Gasteiger partial charge in [0.15, 0.2) is 5.82 Å². The van der Waals surface area contributed by atoms with Crippen molar-refractivity contribution in [1.82, 2.24) is 25.2 Å². The molecule has 0 unspecified atom stereocenters. The molecule has 168 valence electrons. The maximum atomic E-state index is 13.7. The molecule has 0 bridgehead atoms. The van der Waals surface area contributed by atoms with E-state index in [4.69, 9.17) is 9.97 Å². The number of hydrogen-bond donors (Lipinski definition) is 2. The number of carbonyl (C=O) groups excluding carboxylic acids is 2. The van der Waals surface area contributed by atoms with E-state index in [1.807, 2.05) is 12.1 Å². The van der Waals surface area contributed by atoms with Crippen LogP contribution in [0.25, 0.3) is 11.3 Å². The van der Waals surface area contributed by atoms with E-state index in [2.05, 4.69) is 15.6 Å². The summed E-state index contributed by atoms with van der Waals surface area (Å²) in [5.74, 6) is 0.474. The first kappa shape index (κ1) is 21.0. The molecule has 2 amide bonds. The zero-order chi connectivity index (χ0) is 22.8. The highest BCUT2D eigenvalue weighted by atomic mass is 19.1. The first-order chi connectivity index (χ1) is 16.1. The lowest BCUT2D eigenvalue weighted by atomic mass is 10.1. The van der Waals surface area contributed by atoms with Gasteiger partial charge in [-0.15, -0.1) is 0 Å². The highest BCUT2D eigenvalue weighted by Gasteiger charge is 2.38. The number of carbonyl (C=O) groups is 2. The molecule has 0 radical (unpaired) electrons. The summed E-state index contributed by atoms with van der Waals surface area (Å²) in [7, 11) is 0. The molecule has 0 aliphatic carbocycles. The van der Waals surface area contributed by atoms with Crippen molar-refractivity contribution in [3.8, 4) is 11.3 Å². The molecule has 2 saturated heterocycles. The van der Waals surface area contributed by atoms with Crippen LogP contribution in [-0.4, -0.2) is 44.3 Å². The van der Waals surface area contributed by atoms with Crippen LogP contribution in [-0.2, 0) is 9.59 Å². The summed E-state index contributed by atoms with van der Waals surface area (Å²) in [6.07, 6.45) is 5.80. The van der Waals surface area contributed by atoms with Crippen LogP contribution in [0.2, 0.25) is 0 Å². The molecule has 9 heteroatoms. The third-order valence-corrected chi connectivity index (χ3v) is 5.94. The number of nitrogens with zero attached hydrogens (tertiary/aromatic N) is 4. The van der Waals surface area contributed by atoms with Crippen LogP contribution in [0.15, 0.2) is 54.9 Å². The van der Waals surface area contributed by atoms with Crippen molar-refractivity contribution in [2.45, 2.75) is 37.8 Å². The van der Waals surface area contributed by atoms with E-state index in [9.17, 15) is 14.0 Å². The van der Waals surface area contributed by atoms with Crippen LogP contribution in [0, 0.1) is 5.82 Å². The Morgan fingerprint density at radius 2 is 1.97 bits per heavy atom. The van der Waals surface area contributed by atoms with E-state index in [1.165, 1.54) is 12.1 Å². The van der Waals surface area contributed by atoms with Gasteiger partial charge in [0, 0.05) is 42.7 Å². The Hall–Kier alpha value is -3.88. The van der Waals surface area contributed by atoms with Crippen LogP contribution in [0.3, 0.4) is 0 Å². The van der Waals surface area contributed by atoms with Crippen molar-refractivity contribution in [2.24, 2.45) is 0 Å². The van der Waals surface area contributed by atoms with Crippen molar-refractivity contribution in [3.63, 3.8) is 0 Å². The molecule has 2 aromatic heterocycles. The van der Waals surface area contributed by atoms with Gasteiger partial charge >= 0.3 is 0 Å². The lowest BCUT2D eigenvalue weighted by molar-refractivity contribution is -0.135. The van der Waals surface area contributed by atoms with Gasteiger partial charge in [0.05, 0.1) is 11.7 Å². The smallest absolute Gasteiger partial charge is 0.245 e. The lowest BCUT2D eigenvalue weighted by Crippen LogP contribution is -2.44. The van der Waals surface area contributed by atoms with E-state index in [-0.39, 0.29) is 23.7 Å². The fraction of sp³-hybridized carbons (Fsp3) is 0.292. The second kappa shape index (κ2) is 8.93. The lowest BCUT2D eigenvalue weighted by Gasteiger charge is -2.27. The number of likely N-dealkylation sites (tertiary alicyclic amines) is 1. The highest BCUT2D eigenvalue weighted by Crippen LogP contribution is 2.33. The zero-order valence-electron chi connectivity index (χ0n) is 17.9. The van der Waals surface area contributed by atoms with Gasteiger partial charge in [-0.3, -0.25) is 14.6 Å². The fourth-order valence-corrected chi connectivity index (χ4v) is 4.36. The molecule has 2 atom stereocenters. The Kier molecular flexibility index (Phi) is 5.68. The molecule has 2 aliphatic heterocycles. The van der Waals surface area contributed by atoms with Gasteiger partial charge in [-0.2, -0.15) is 0 Å². The monoisotopic (exact) mass is 446 g/mol. The minimum absolute atomic E-state index is 0.0957. The molecule has 33 heavy (non-hydrogen) atoms. The first-order valence-electron chi connectivity index (χ1n) is 11.0. The van der Waals surface area contributed by atoms with Gasteiger partial charge in [0.1, 0.15) is 17.7 Å². The number of rotatable bonds is 5. The summed E-state index contributed by atoms with van der Waals surface area (Å²) < 4.78 is 13.7. The van der Waals surface area contributed by atoms with E-state index in [1.54, 1.807) is 35.5 Å². The maximum Gasteiger partial charge on any atom is 0.245 e. The number of nitrogens with one attached hydrogen (secondary N) is 2. The van der Waals surface area contributed by atoms with Crippen molar-refractivity contribution in [3.05, 3.63) is 66.5 Å². The molecule has 4 heterocycles. The van der Waals surface area contributed by atoms with Gasteiger partial charge < -0.3 is 15.5 Å². The molecule has 2 N–H and O–H groups in total. The minimum atomic E-state index is -0.494. The predicted molar refractivity (Wildman–Crippen MR) is 120 cm³/mol. The van der Waals surface area contributed by atoms with Crippen LogP contribution in [0.4, 0.5) is 15.9 Å². The summed E-state index contributed by atoms with van der Waals surface area (Å²) in [5.41, 5.74) is 2.10. The average Bonchev–Trinajstić information content (AvgIpc) is 3.48. The van der Waals surface area contributed by atoms with E-state index in [0.29, 0.717) is 42.4 Å². The molecule has 2 fully saturated rings. The van der Waals surface area contributed by atoms with Crippen molar-refractivity contribution in [1.29, 1.82) is 0 Å². The van der Waals surface area contributed by atoms with Crippen LogP contribution in [0.1, 0.15) is 37.5 Å². The van der Waals surface area contributed by atoms with Crippen LogP contribution >= 0.6 is 0 Å². The van der Waals surface area contributed by atoms with Crippen LogP contribution in [0.5, 0.6) is 0 Å². The largest absolute Gasteiger partial charge is 0.344 e. The first-order valence-corrected chi connectivity index (χ1v) is 11.0. The molecule has 2 aliphatic rings. The highest BCUT2D eigenvalue weighted by molar-refractivity contribution is 5.91. The van der Waals surface area contributed by atoms with E-state index in [0.717, 1.165) is 18.4 Å². The Morgan fingerprint density at radius 3 is 2.73 bits per heavy atom. The number of amides is 2. The molecule has 0 spiro atoms.